The molecule has 1 heterocycles. The van der Waals surface area contributed by atoms with Crippen LogP contribution in [0.2, 0.25) is 0 Å². The van der Waals surface area contributed by atoms with Crippen molar-refractivity contribution in [2.75, 3.05) is 20.2 Å². The second kappa shape index (κ2) is 5.60. The third-order valence-electron chi connectivity index (χ3n) is 2.86. The molecule has 0 saturated carbocycles. The molecular formula is C13H19NOS. The molecule has 1 aliphatic rings. The standard InChI is InChI=1S/C13H19NOS/c1-10-5-6-12(15-2)13(8-10)16-11-4-3-7-14-9-11/h5-6,8,11,14H,3-4,7,9H2,1-2H3. The van der Waals surface area contributed by atoms with Crippen LogP contribution in [0, 0.1) is 6.92 Å². The number of hydrogen-bond donors (Lipinski definition) is 1. The van der Waals surface area contributed by atoms with Crippen LogP contribution in [0.5, 0.6) is 5.75 Å². The molecule has 88 valence electrons. The normalized spacial score (nSPS) is 20.8. The molecule has 0 aliphatic carbocycles. The molecule has 1 unspecified atom stereocenters. The van der Waals surface area contributed by atoms with E-state index in [1.165, 1.54) is 29.8 Å². The maximum atomic E-state index is 5.40. The molecule has 2 nitrogen and oxygen atoms in total. The van der Waals surface area contributed by atoms with Gasteiger partial charge in [-0.15, -0.1) is 11.8 Å². The van der Waals surface area contributed by atoms with Gasteiger partial charge in [-0.05, 0) is 44.0 Å². The van der Waals surface area contributed by atoms with Gasteiger partial charge in [-0.1, -0.05) is 6.07 Å². The van der Waals surface area contributed by atoms with Crippen molar-refractivity contribution in [3.8, 4) is 5.75 Å². The Labute approximate surface area is 102 Å². The molecule has 1 atom stereocenters. The van der Waals surface area contributed by atoms with Crippen LogP contribution in [-0.2, 0) is 0 Å². The van der Waals surface area contributed by atoms with Crippen molar-refractivity contribution >= 4 is 11.8 Å². The average Bonchev–Trinajstić information content (AvgIpc) is 2.31. The van der Waals surface area contributed by atoms with Crippen LogP contribution < -0.4 is 10.1 Å². The fourth-order valence-corrected chi connectivity index (χ4v) is 3.34. The molecule has 3 heteroatoms. The zero-order valence-corrected chi connectivity index (χ0v) is 10.8. The SMILES string of the molecule is COc1ccc(C)cc1SC1CCCNC1. The monoisotopic (exact) mass is 237 g/mol. The molecule has 0 aromatic heterocycles. The van der Waals surface area contributed by atoms with Gasteiger partial charge < -0.3 is 10.1 Å². The van der Waals surface area contributed by atoms with Gasteiger partial charge in [0, 0.05) is 16.7 Å². The highest BCUT2D eigenvalue weighted by Crippen LogP contribution is 2.34. The van der Waals surface area contributed by atoms with E-state index in [1.807, 2.05) is 11.8 Å². The Balaban J connectivity index is 2.09. The Morgan fingerprint density at radius 3 is 3.00 bits per heavy atom. The van der Waals surface area contributed by atoms with Gasteiger partial charge in [0.2, 0.25) is 0 Å². The Morgan fingerprint density at radius 1 is 1.44 bits per heavy atom. The second-order valence-electron chi connectivity index (χ2n) is 4.24. The van der Waals surface area contributed by atoms with Gasteiger partial charge in [-0.25, -0.2) is 0 Å². The van der Waals surface area contributed by atoms with Crippen LogP contribution in [0.15, 0.2) is 23.1 Å². The number of aryl methyl sites for hydroxylation is 1. The maximum Gasteiger partial charge on any atom is 0.132 e. The quantitative estimate of drug-likeness (QED) is 0.873. The predicted molar refractivity (Wildman–Crippen MR) is 69.5 cm³/mol. The average molecular weight is 237 g/mol. The Bertz CT molecular complexity index is 348. The number of benzene rings is 1. The molecule has 0 spiro atoms. The van der Waals surface area contributed by atoms with Gasteiger partial charge in [0.1, 0.15) is 5.75 Å². The topological polar surface area (TPSA) is 21.3 Å². The number of ether oxygens (including phenoxy) is 1. The van der Waals surface area contributed by atoms with E-state index in [0.717, 1.165) is 12.3 Å². The third kappa shape index (κ3) is 2.92. The number of hydrogen-bond acceptors (Lipinski definition) is 3. The summed E-state index contributed by atoms with van der Waals surface area (Å²) in [6, 6.07) is 6.38. The minimum Gasteiger partial charge on any atom is -0.496 e. The molecule has 0 bridgehead atoms. The van der Waals surface area contributed by atoms with Gasteiger partial charge in [-0.3, -0.25) is 0 Å². The van der Waals surface area contributed by atoms with E-state index in [2.05, 4.69) is 30.4 Å². The number of piperidine rings is 1. The van der Waals surface area contributed by atoms with E-state index >= 15 is 0 Å². The minimum atomic E-state index is 0.685. The van der Waals surface area contributed by atoms with E-state index in [0.29, 0.717) is 5.25 Å². The van der Waals surface area contributed by atoms with E-state index in [-0.39, 0.29) is 0 Å². The molecule has 1 N–H and O–H groups in total. The smallest absolute Gasteiger partial charge is 0.132 e. The zero-order chi connectivity index (χ0) is 11.4. The first-order valence-electron chi connectivity index (χ1n) is 5.81. The highest BCUT2D eigenvalue weighted by atomic mass is 32.2. The van der Waals surface area contributed by atoms with Crippen LogP contribution in [0.3, 0.4) is 0 Å². The van der Waals surface area contributed by atoms with E-state index in [9.17, 15) is 0 Å². The van der Waals surface area contributed by atoms with Crippen LogP contribution in [-0.4, -0.2) is 25.4 Å². The highest BCUT2D eigenvalue weighted by Gasteiger charge is 2.16. The Hall–Kier alpha value is -0.670. The van der Waals surface area contributed by atoms with Crippen LogP contribution in [0.4, 0.5) is 0 Å². The van der Waals surface area contributed by atoms with Gasteiger partial charge in [-0.2, -0.15) is 0 Å². The molecule has 0 radical (unpaired) electrons. The molecular weight excluding hydrogens is 218 g/mol. The number of nitrogens with one attached hydrogen (secondary N) is 1. The molecule has 1 fully saturated rings. The summed E-state index contributed by atoms with van der Waals surface area (Å²) in [5.74, 6) is 1.00. The molecule has 1 aliphatic heterocycles. The van der Waals surface area contributed by atoms with E-state index < -0.39 is 0 Å². The first-order valence-corrected chi connectivity index (χ1v) is 6.69. The fourth-order valence-electron chi connectivity index (χ4n) is 1.98. The van der Waals surface area contributed by atoms with Crippen LogP contribution >= 0.6 is 11.8 Å². The van der Waals surface area contributed by atoms with Gasteiger partial charge in [0.15, 0.2) is 0 Å². The van der Waals surface area contributed by atoms with Crippen LogP contribution in [0.1, 0.15) is 18.4 Å². The van der Waals surface area contributed by atoms with E-state index in [4.69, 9.17) is 4.74 Å². The molecule has 1 aromatic carbocycles. The van der Waals surface area contributed by atoms with Crippen molar-refractivity contribution in [3.05, 3.63) is 23.8 Å². The Kier molecular flexibility index (Phi) is 4.13. The third-order valence-corrected chi connectivity index (χ3v) is 4.17. The number of thioether (sulfide) groups is 1. The van der Waals surface area contributed by atoms with Crippen molar-refractivity contribution in [1.29, 1.82) is 0 Å². The van der Waals surface area contributed by atoms with Crippen molar-refractivity contribution in [2.45, 2.75) is 29.9 Å². The Morgan fingerprint density at radius 2 is 2.31 bits per heavy atom. The lowest BCUT2D eigenvalue weighted by Crippen LogP contribution is -2.31. The predicted octanol–water partition coefficient (Wildman–Crippen LogP) is 2.85. The second-order valence-corrected chi connectivity index (χ2v) is 5.58. The van der Waals surface area contributed by atoms with Crippen molar-refractivity contribution in [3.63, 3.8) is 0 Å². The summed E-state index contributed by atoms with van der Waals surface area (Å²) in [5, 5.41) is 4.13. The molecule has 2 rings (SSSR count). The minimum absolute atomic E-state index is 0.685. The van der Waals surface area contributed by atoms with Gasteiger partial charge in [0.25, 0.3) is 0 Å². The summed E-state index contributed by atoms with van der Waals surface area (Å²) in [6.45, 7) is 4.41. The largest absolute Gasteiger partial charge is 0.496 e. The molecule has 0 amide bonds. The lowest BCUT2D eigenvalue weighted by molar-refractivity contribution is 0.404. The lowest BCUT2D eigenvalue weighted by atomic mass is 10.2. The van der Waals surface area contributed by atoms with Gasteiger partial charge in [0.05, 0.1) is 7.11 Å². The van der Waals surface area contributed by atoms with E-state index in [1.54, 1.807) is 7.11 Å². The summed E-state index contributed by atoms with van der Waals surface area (Å²) in [7, 11) is 1.74. The fraction of sp³-hybridized carbons (Fsp3) is 0.538. The molecule has 1 aromatic rings. The van der Waals surface area contributed by atoms with Gasteiger partial charge >= 0.3 is 0 Å². The van der Waals surface area contributed by atoms with Crippen molar-refractivity contribution in [2.24, 2.45) is 0 Å². The molecule has 1 saturated heterocycles. The van der Waals surface area contributed by atoms with Crippen molar-refractivity contribution < 1.29 is 4.74 Å². The molecule has 16 heavy (non-hydrogen) atoms. The summed E-state index contributed by atoms with van der Waals surface area (Å²) in [6.07, 6.45) is 2.58. The highest BCUT2D eigenvalue weighted by molar-refractivity contribution is 8.00. The summed E-state index contributed by atoms with van der Waals surface area (Å²) in [4.78, 5) is 1.27. The lowest BCUT2D eigenvalue weighted by Gasteiger charge is -2.23. The number of methoxy groups -OCH3 is 1. The van der Waals surface area contributed by atoms with Crippen LogP contribution in [0.25, 0.3) is 0 Å². The number of rotatable bonds is 3. The first kappa shape index (κ1) is 11.8. The summed E-state index contributed by atoms with van der Waals surface area (Å²) >= 11 is 1.94. The maximum absolute atomic E-state index is 5.40. The first-order chi connectivity index (χ1) is 7.79. The van der Waals surface area contributed by atoms with Crippen molar-refractivity contribution in [1.82, 2.24) is 5.32 Å². The summed E-state index contributed by atoms with van der Waals surface area (Å²) in [5.41, 5.74) is 1.30. The summed E-state index contributed by atoms with van der Waals surface area (Å²) < 4.78 is 5.40. The zero-order valence-electron chi connectivity index (χ0n) is 9.95.